The molecule has 2 aromatic carbocycles. The first-order chi connectivity index (χ1) is 15.0. The van der Waals surface area contributed by atoms with Gasteiger partial charge in [0, 0.05) is 24.5 Å². The van der Waals surface area contributed by atoms with E-state index in [9.17, 15) is 9.59 Å². The number of ether oxygens (including phenoxy) is 1. The lowest BCUT2D eigenvalue weighted by Crippen LogP contribution is -2.43. The van der Waals surface area contributed by atoms with Gasteiger partial charge in [0.25, 0.3) is 5.91 Å². The number of para-hydroxylation sites is 1. The van der Waals surface area contributed by atoms with Crippen molar-refractivity contribution in [1.82, 2.24) is 5.32 Å². The highest BCUT2D eigenvalue weighted by Crippen LogP contribution is 2.24. The Balaban J connectivity index is 1.70. The molecule has 31 heavy (non-hydrogen) atoms. The maximum atomic E-state index is 13.0. The Morgan fingerprint density at radius 3 is 2.52 bits per heavy atom. The number of hydrogen-bond acceptors (Lipinski definition) is 4. The van der Waals surface area contributed by atoms with Gasteiger partial charge in [-0.05, 0) is 63.4 Å². The van der Waals surface area contributed by atoms with E-state index in [2.05, 4.69) is 21.6 Å². The number of amides is 2. The minimum atomic E-state index is -0.625. The number of hydrogen-bond donors (Lipinski definition) is 2. The minimum absolute atomic E-state index is 0.0495. The van der Waals surface area contributed by atoms with E-state index in [-0.39, 0.29) is 17.9 Å². The summed E-state index contributed by atoms with van der Waals surface area (Å²) in [6.45, 7) is 7.92. The molecule has 3 rings (SSSR count). The van der Waals surface area contributed by atoms with Crippen molar-refractivity contribution in [1.29, 1.82) is 0 Å². The fourth-order valence-electron chi connectivity index (χ4n) is 3.79. The zero-order valence-electron chi connectivity index (χ0n) is 18.7. The first-order valence-electron chi connectivity index (χ1n) is 11.2. The molecule has 1 saturated heterocycles. The van der Waals surface area contributed by atoms with Crippen LogP contribution in [0.5, 0.6) is 5.75 Å². The van der Waals surface area contributed by atoms with Crippen molar-refractivity contribution in [2.45, 2.75) is 58.6 Å². The van der Waals surface area contributed by atoms with Crippen LogP contribution >= 0.6 is 0 Å². The fourth-order valence-corrected chi connectivity index (χ4v) is 3.79. The second-order valence-electron chi connectivity index (χ2n) is 8.21. The Hall–Kier alpha value is -3.02. The van der Waals surface area contributed by atoms with Gasteiger partial charge in [-0.2, -0.15) is 0 Å². The Labute approximate surface area is 185 Å². The van der Waals surface area contributed by atoms with E-state index in [4.69, 9.17) is 4.74 Å². The molecule has 6 heteroatoms. The monoisotopic (exact) mass is 423 g/mol. The van der Waals surface area contributed by atoms with E-state index in [1.54, 1.807) is 18.2 Å². The van der Waals surface area contributed by atoms with Crippen LogP contribution in [0.25, 0.3) is 0 Å². The van der Waals surface area contributed by atoms with Gasteiger partial charge < -0.3 is 20.3 Å². The molecule has 0 saturated carbocycles. The molecule has 2 amide bonds. The number of nitrogens with one attached hydrogen (secondary N) is 2. The predicted octanol–water partition coefficient (Wildman–Crippen LogP) is 4.61. The molecule has 166 valence electrons. The summed E-state index contributed by atoms with van der Waals surface area (Å²) in [5.41, 5.74) is 2.29. The zero-order chi connectivity index (χ0) is 22.2. The lowest BCUT2D eigenvalue weighted by atomic mass is 10.1. The quantitative estimate of drug-likeness (QED) is 0.618. The smallest absolute Gasteiger partial charge is 0.255 e. The van der Waals surface area contributed by atoms with Gasteiger partial charge >= 0.3 is 0 Å². The zero-order valence-corrected chi connectivity index (χ0v) is 18.7. The highest BCUT2D eigenvalue weighted by molar-refractivity contribution is 6.02. The molecule has 0 bridgehead atoms. The summed E-state index contributed by atoms with van der Waals surface area (Å²) >= 11 is 0. The van der Waals surface area contributed by atoms with Gasteiger partial charge in [-0.25, -0.2) is 0 Å². The molecule has 0 aliphatic carbocycles. The number of carbonyl (C=O) groups is 2. The molecule has 0 radical (unpaired) electrons. The molecule has 1 aliphatic rings. The van der Waals surface area contributed by atoms with Crippen LogP contribution < -0.4 is 20.3 Å². The van der Waals surface area contributed by atoms with E-state index in [0.717, 1.165) is 30.9 Å². The topological polar surface area (TPSA) is 70.7 Å². The Bertz CT molecular complexity index is 891. The van der Waals surface area contributed by atoms with Gasteiger partial charge in [-0.1, -0.05) is 31.5 Å². The Morgan fingerprint density at radius 1 is 1.06 bits per heavy atom. The fraction of sp³-hybridized carbons (Fsp3) is 0.440. The Kier molecular flexibility index (Phi) is 7.93. The third-order valence-corrected chi connectivity index (χ3v) is 5.28. The standard InChI is InChI=1S/C25H33N3O3/c1-4-10-22(27-24(29)21-13-5-6-14-23(21)31-18(2)3)25(30)26-19-11-9-12-20(17-19)28-15-7-8-16-28/h5-6,9,11-14,17-18,22H,4,7-8,10,15-16H2,1-3H3,(H,26,30)(H,27,29). The van der Waals surface area contributed by atoms with Crippen LogP contribution in [0.1, 0.15) is 56.8 Å². The van der Waals surface area contributed by atoms with Crippen molar-refractivity contribution in [3.63, 3.8) is 0 Å². The minimum Gasteiger partial charge on any atom is -0.490 e. The SMILES string of the molecule is CCCC(NC(=O)c1ccccc1OC(C)C)C(=O)Nc1cccc(N2CCCC2)c1. The number of rotatable bonds is 9. The van der Waals surface area contributed by atoms with Gasteiger partial charge in [-0.15, -0.1) is 0 Å². The van der Waals surface area contributed by atoms with Crippen molar-refractivity contribution in [2.75, 3.05) is 23.3 Å². The summed E-state index contributed by atoms with van der Waals surface area (Å²) in [7, 11) is 0. The van der Waals surface area contributed by atoms with E-state index in [1.807, 2.05) is 45.0 Å². The maximum Gasteiger partial charge on any atom is 0.255 e. The highest BCUT2D eigenvalue weighted by Gasteiger charge is 2.23. The third-order valence-electron chi connectivity index (χ3n) is 5.28. The number of nitrogens with zero attached hydrogens (tertiary/aromatic N) is 1. The van der Waals surface area contributed by atoms with Gasteiger partial charge in [0.15, 0.2) is 0 Å². The van der Waals surface area contributed by atoms with Crippen LogP contribution in [0.3, 0.4) is 0 Å². The van der Waals surface area contributed by atoms with Crippen LogP contribution in [0.15, 0.2) is 48.5 Å². The van der Waals surface area contributed by atoms with Crippen LogP contribution in [-0.2, 0) is 4.79 Å². The lowest BCUT2D eigenvalue weighted by Gasteiger charge is -2.21. The number of anilines is 2. The summed E-state index contributed by atoms with van der Waals surface area (Å²) in [4.78, 5) is 28.3. The van der Waals surface area contributed by atoms with Crippen LogP contribution in [-0.4, -0.2) is 37.0 Å². The summed E-state index contributed by atoms with van der Waals surface area (Å²) in [5, 5.41) is 5.88. The molecule has 1 atom stereocenters. The molecule has 1 fully saturated rings. The van der Waals surface area contributed by atoms with Crippen molar-refractivity contribution >= 4 is 23.2 Å². The molecule has 0 aromatic heterocycles. The third kappa shape index (κ3) is 6.23. The van der Waals surface area contributed by atoms with Gasteiger partial charge in [0.05, 0.1) is 11.7 Å². The second kappa shape index (κ2) is 10.8. The molecule has 1 aliphatic heterocycles. The van der Waals surface area contributed by atoms with Crippen molar-refractivity contribution in [3.8, 4) is 5.75 Å². The Morgan fingerprint density at radius 2 is 1.81 bits per heavy atom. The predicted molar refractivity (Wildman–Crippen MR) is 125 cm³/mol. The van der Waals surface area contributed by atoms with E-state index < -0.39 is 6.04 Å². The normalized spacial score (nSPS) is 14.4. The molecule has 1 unspecified atom stereocenters. The molecular formula is C25H33N3O3. The highest BCUT2D eigenvalue weighted by atomic mass is 16.5. The lowest BCUT2D eigenvalue weighted by molar-refractivity contribution is -0.118. The van der Waals surface area contributed by atoms with Crippen molar-refractivity contribution in [3.05, 3.63) is 54.1 Å². The summed E-state index contributed by atoms with van der Waals surface area (Å²) in [6, 6.07) is 14.4. The summed E-state index contributed by atoms with van der Waals surface area (Å²) in [6.07, 6.45) is 3.67. The molecule has 2 N–H and O–H groups in total. The van der Waals surface area contributed by atoms with Crippen LogP contribution in [0, 0.1) is 0 Å². The van der Waals surface area contributed by atoms with Crippen LogP contribution in [0.2, 0.25) is 0 Å². The molecule has 1 heterocycles. The van der Waals surface area contributed by atoms with E-state index >= 15 is 0 Å². The summed E-state index contributed by atoms with van der Waals surface area (Å²) < 4.78 is 5.76. The first kappa shape index (κ1) is 22.7. The van der Waals surface area contributed by atoms with Gasteiger partial charge in [0.2, 0.25) is 5.91 Å². The van der Waals surface area contributed by atoms with Gasteiger partial charge in [-0.3, -0.25) is 9.59 Å². The molecule has 6 nitrogen and oxygen atoms in total. The maximum absolute atomic E-state index is 13.0. The number of carbonyl (C=O) groups excluding carboxylic acids is 2. The summed E-state index contributed by atoms with van der Waals surface area (Å²) in [5.74, 6) is -0.00401. The van der Waals surface area contributed by atoms with Crippen molar-refractivity contribution < 1.29 is 14.3 Å². The van der Waals surface area contributed by atoms with Crippen molar-refractivity contribution in [2.24, 2.45) is 0 Å². The van der Waals surface area contributed by atoms with Gasteiger partial charge in [0.1, 0.15) is 11.8 Å². The number of benzene rings is 2. The molecular weight excluding hydrogens is 390 g/mol. The van der Waals surface area contributed by atoms with E-state index in [0.29, 0.717) is 17.7 Å². The first-order valence-corrected chi connectivity index (χ1v) is 11.2. The van der Waals surface area contributed by atoms with E-state index in [1.165, 1.54) is 12.8 Å². The largest absolute Gasteiger partial charge is 0.490 e. The average molecular weight is 424 g/mol. The average Bonchev–Trinajstić information content (AvgIpc) is 3.28. The molecule has 0 spiro atoms. The molecule has 2 aromatic rings. The van der Waals surface area contributed by atoms with Crippen LogP contribution in [0.4, 0.5) is 11.4 Å². The second-order valence-corrected chi connectivity index (χ2v) is 8.21.